The van der Waals surface area contributed by atoms with Crippen molar-refractivity contribution in [3.05, 3.63) is 71.3 Å². The highest BCUT2D eigenvalue weighted by atomic mass is 16.4. The first-order valence-electron chi connectivity index (χ1n) is 6.36. The van der Waals surface area contributed by atoms with E-state index in [1.807, 2.05) is 48.5 Å². The molecule has 0 aromatic heterocycles. The maximum Gasteiger partial charge on any atom is 0.321 e. The number of aliphatic carboxylic acids is 1. The lowest BCUT2D eigenvalue weighted by molar-refractivity contribution is -0.140. The number of rotatable bonds is 2. The van der Waals surface area contributed by atoms with Crippen molar-refractivity contribution in [2.75, 3.05) is 0 Å². The van der Waals surface area contributed by atoms with Crippen LogP contribution in [0.4, 0.5) is 0 Å². The van der Waals surface area contributed by atoms with Crippen molar-refractivity contribution in [3.63, 3.8) is 0 Å². The summed E-state index contributed by atoms with van der Waals surface area (Å²) in [7, 11) is 0. The second-order valence-corrected chi connectivity index (χ2v) is 4.78. The summed E-state index contributed by atoms with van der Waals surface area (Å²) < 4.78 is 0. The van der Waals surface area contributed by atoms with Crippen molar-refractivity contribution in [2.45, 2.75) is 18.5 Å². The zero-order valence-corrected chi connectivity index (χ0v) is 10.4. The van der Waals surface area contributed by atoms with E-state index in [4.69, 9.17) is 0 Å². The molecule has 0 bridgehead atoms. The largest absolute Gasteiger partial charge is 0.480 e. The molecule has 0 aliphatic carbocycles. The average Bonchev–Trinajstić information content (AvgIpc) is 2.46. The average molecular weight is 253 g/mol. The van der Waals surface area contributed by atoms with Crippen LogP contribution in [-0.4, -0.2) is 17.1 Å². The number of carbonyl (C=O) groups is 1. The van der Waals surface area contributed by atoms with Crippen molar-refractivity contribution in [1.29, 1.82) is 0 Å². The van der Waals surface area contributed by atoms with Crippen LogP contribution in [0, 0.1) is 0 Å². The van der Waals surface area contributed by atoms with Gasteiger partial charge in [0.15, 0.2) is 0 Å². The van der Waals surface area contributed by atoms with E-state index in [0.717, 1.165) is 11.1 Å². The molecule has 0 saturated carbocycles. The van der Waals surface area contributed by atoms with Gasteiger partial charge in [0.05, 0.1) is 0 Å². The minimum atomic E-state index is -0.802. The fourth-order valence-electron chi connectivity index (χ4n) is 2.78. The highest BCUT2D eigenvalue weighted by molar-refractivity contribution is 5.76. The summed E-state index contributed by atoms with van der Waals surface area (Å²) in [6.45, 7) is 0.608. The van der Waals surface area contributed by atoms with Gasteiger partial charge in [0.2, 0.25) is 0 Å². The van der Waals surface area contributed by atoms with E-state index in [0.29, 0.717) is 6.54 Å². The predicted molar refractivity (Wildman–Crippen MR) is 73.0 cm³/mol. The van der Waals surface area contributed by atoms with Gasteiger partial charge in [-0.05, 0) is 16.7 Å². The Balaban J connectivity index is 2.13. The number of carboxylic acids is 1. The van der Waals surface area contributed by atoms with Crippen molar-refractivity contribution < 1.29 is 9.90 Å². The van der Waals surface area contributed by atoms with E-state index in [1.165, 1.54) is 5.56 Å². The summed E-state index contributed by atoms with van der Waals surface area (Å²) in [5, 5.41) is 12.6. The topological polar surface area (TPSA) is 49.3 Å². The maximum absolute atomic E-state index is 11.5. The van der Waals surface area contributed by atoms with Crippen LogP contribution in [-0.2, 0) is 11.3 Å². The SMILES string of the molecule is O=C(O)C1NCc2ccccc2C1c1ccccc1. The third-order valence-corrected chi connectivity index (χ3v) is 3.66. The lowest BCUT2D eigenvalue weighted by Crippen LogP contribution is -2.45. The van der Waals surface area contributed by atoms with Gasteiger partial charge in [-0.15, -0.1) is 0 Å². The molecule has 3 heteroatoms. The van der Waals surface area contributed by atoms with E-state index in [-0.39, 0.29) is 5.92 Å². The molecule has 2 aromatic rings. The molecule has 0 spiro atoms. The van der Waals surface area contributed by atoms with Crippen LogP contribution in [0.25, 0.3) is 0 Å². The summed E-state index contributed by atoms with van der Waals surface area (Å²) in [6, 6.07) is 17.3. The Morgan fingerprint density at radius 1 is 1.05 bits per heavy atom. The first kappa shape index (κ1) is 11.9. The number of hydrogen-bond donors (Lipinski definition) is 2. The Labute approximate surface area is 111 Å². The van der Waals surface area contributed by atoms with Gasteiger partial charge in [0, 0.05) is 12.5 Å². The van der Waals surface area contributed by atoms with Crippen molar-refractivity contribution >= 4 is 5.97 Å². The van der Waals surface area contributed by atoms with Crippen LogP contribution < -0.4 is 5.32 Å². The Morgan fingerprint density at radius 3 is 2.47 bits per heavy atom. The highest BCUT2D eigenvalue weighted by Gasteiger charge is 2.34. The molecular weight excluding hydrogens is 238 g/mol. The van der Waals surface area contributed by atoms with Gasteiger partial charge in [-0.1, -0.05) is 54.6 Å². The summed E-state index contributed by atoms with van der Waals surface area (Å²) in [6.07, 6.45) is 0. The molecule has 96 valence electrons. The van der Waals surface area contributed by atoms with E-state index in [9.17, 15) is 9.90 Å². The van der Waals surface area contributed by atoms with Gasteiger partial charge in [-0.25, -0.2) is 0 Å². The normalized spacial score (nSPS) is 21.7. The zero-order valence-electron chi connectivity index (χ0n) is 10.4. The van der Waals surface area contributed by atoms with Crippen LogP contribution in [0.3, 0.4) is 0 Å². The van der Waals surface area contributed by atoms with Gasteiger partial charge in [0.25, 0.3) is 0 Å². The van der Waals surface area contributed by atoms with Crippen LogP contribution >= 0.6 is 0 Å². The number of benzene rings is 2. The Kier molecular flexibility index (Phi) is 3.05. The standard InChI is InChI=1S/C16H15NO2/c18-16(19)15-14(11-6-2-1-3-7-11)13-9-5-4-8-12(13)10-17-15/h1-9,14-15,17H,10H2,(H,18,19). The van der Waals surface area contributed by atoms with E-state index < -0.39 is 12.0 Å². The summed E-state index contributed by atoms with van der Waals surface area (Å²) in [5.74, 6) is -0.938. The van der Waals surface area contributed by atoms with Crippen LogP contribution in [0.15, 0.2) is 54.6 Å². The first-order valence-corrected chi connectivity index (χ1v) is 6.36. The molecule has 3 rings (SSSR count). The zero-order chi connectivity index (χ0) is 13.2. The van der Waals surface area contributed by atoms with Gasteiger partial charge < -0.3 is 5.11 Å². The van der Waals surface area contributed by atoms with Gasteiger partial charge in [-0.3, -0.25) is 10.1 Å². The van der Waals surface area contributed by atoms with E-state index in [2.05, 4.69) is 11.4 Å². The summed E-state index contributed by atoms with van der Waals surface area (Å²) >= 11 is 0. The predicted octanol–water partition coefficient (Wildman–Crippen LogP) is 2.37. The minimum Gasteiger partial charge on any atom is -0.480 e. The lowest BCUT2D eigenvalue weighted by atomic mass is 9.80. The second-order valence-electron chi connectivity index (χ2n) is 4.78. The fraction of sp³-hybridized carbons (Fsp3) is 0.188. The molecule has 1 aliphatic heterocycles. The number of nitrogens with one attached hydrogen (secondary N) is 1. The molecule has 0 radical (unpaired) electrons. The molecule has 2 aromatic carbocycles. The third kappa shape index (κ3) is 2.13. The molecule has 2 unspecified atom stereocenters. The molecule has 1 heterocycles. The van der Waals surface area contributed by atoms with E-state index in [1.54, 1.807) is 0 Å². The van der Waals surface area contributed by atoms with Gasteiger partial charge in [0.1, 0.15) is 6.04 Å². The highest BCUT2D eigenvalue weighted by Crippen LogP contribution is 2.33. The molecule has 1 aliphatic rings. The van der Waals surface area contributed by atoms with Gasteiger partial charge in [-0.2, -0.15) is 0 Å². The first-order chi connectivity index (χ1) is 9.27. The Morgan fingerprint density at radius 2 is 1.74 bits per heavy atom. The second kappa shape index (κ2) is 4.86. The molecule has 0 saturated heterocycles. The quantitative estimate of drug-likeness (QED) is 0.864. The van der Waals surface area contributed by atoms with Crippen LogP contribution in [0.2, 0.25) is 0 Å². The lowest BCUT2D eigenvalue weighted by Gasteiger charge is -2.32. The number of hydrogen-bond acceptors (Lipinski definition) is 2. The van der Waals surface area contributed by atoms with Crippen molar-refractivity contribution in [2.24, 2.45) is 0 Å². The molecule has 0 amide bonds. The fourth-order valence-corrected chi connectivity index (χ4v) is 2.78. The third-order valence-electron chi connectivity index (χ3n) is 3.66. The smallest absolute Gasteiger partial charge is 0.321 e. The summed E-state index contributed by atoms with van der Waals surface area (Å²) in [4.78, 5) is 11.5. The van der Waals surface area contributed by atoms with Crippen LogP contribution in [0.5, 0.6) is 0 Å². The Bertz CT molecular complexity index is 595. The van der Waals surface area contributed by atoms with E-state index >= 15 is 0 Å². The molecule has 2 N–H and O–H groups in total. The maximum atomic E-state index is 11.5. The number of carboxylic acid groups (broad SMARTS) is 1. The minimum absolute atomic E-state index is 0.136. The van der Waals surface area contributed by atoms with Crippen molar-refractivity contribution in [1.82, 2.24) is 5.32 Å². The molecule has 2 atom stereocenters. The van der Waals surface area contributed by atoms with Gasteiger partial charge >= 0.3 is 5.97 Å². The molecule has 3 nitrogen and oxygen atoms in total. The number of fused-ring (bicyclic) bond motifs is 1. The van der Waals surface area contributed by atoms with Crippen molar-refractivity contribution in [3.8, 4) is 0 Å². The Hall–Kier alpha value is -2.13. The molecule has 0 fully saturated rings. The molecule has 19 heavy (non-hydrogen) atoms. The monoisotopic (exact) mass is 253 g/mol. The molecular formula is C16H15NO2. The summed E-state index contributed by atoms with van der Waals surface area (Å²) in [5.41, 5.74) is 3.32. The van der Waals surface area contributed by atoms with Crippen LogP contribution in [0.1, 0.15) is 22.6 Å².